The van der Waals surface area contributed by atoms with E-state index in [-0.39, 0.29) is 18.3 Å². The normalized spacial score (nSPS) is 14.8. The Morgan fingerprint density at radius 2 is 2.15 bits per heavy atom. The number of carbonyl (C=O) groups is 1. The third-order valence-electron chi connectivity index (χ3n) is 6.20. The van der Waals surface area contributed by atoms with Crippen LogP contribution in [-0.2, 0) is 19.0 Å². The molecule has 0 saturated carbocycles. The number of nitrogens with one attached hydrogen (secondary N) is 3. The standard InChI is InChI=1S/C30H31N5O5/c1-4-20-7-5-8-22(13-20)34-30-21(16-31)17-33-25-15-27(40-23-10-12-39-19-23)26(14-24(25)30)35-28(36)9-6-11-32-18-29(37-2)38-3/h1,5-9,13-15,17,23,29,32H,10-12,18-19H2,2-3H3,(H,33,34)(H,35,36)/b9-6+/t23-/m0/s1. The Morgan fingerprint density at radius 3 is 2.88 bits per heavy atom. The molecule has 1 aromatic heterocycles. The Morgan fingerprint density at radius 1 is 1.30 bits per heavy atom. The summed E-state index contributed by atoms with van der Waals surface area (Å²) in [5, 5.41) is 19.8. The van der Waals surface area contributed by atoms with Gasteiger partial charge >= 0.3 is 0 Å². The minimum atomic E-state index is -0.372. The highest BCUT2D eigenvalue weighted by Gasteiger charge is 2.21. The predicted molar refractivity (Wildman–Crippen MR) is 152 cm³/mol. The van der Waals surface area contributed by atoms with E-state index in [0.29, 0.717) is 71.1 Å². The molecular weight excluding hydrogens is 510 g/mol. The second-order valence-electron chi connectivity index (χ2n) is 8.93. The predicted octanol–water partition coefficient (Wildman–Crippen LogP) is 3.70. The van der Waals surface area contributed by atoms with Gasteiger partial charge in [0.15, 0.2) is 6.29 Å². The van der Waals surface area contributed by atoms with Crippen molar-refractivity contribution in [3.05, 3.63) is 65.9 Å². The average Bonchev–Trinajstić information content (AvgIpc) is 3.49. The average molecular weight is 542 g/mol. The Labute approximate surface area is 233 Å². The van der Waals surface area contributed by atoms with Crippen molar-refractivity contribution in [3.63, 3.8) is 0 Å². The van der Waals surface area contributed by atoms with Crippen LogP contribution in [0.2, 0.25) is 0 Å². The lowest BCUT2D eigenvalue weighted by atomic mass is 10.1. The third-order valence-corrected chi connectivity index (χ3v) is 6.20. The van der Waals surface area contributed by atoms with Crippen LogP contribution in [0.25, 0.3) is 10.9 Å². The lowest BCUT2D eigenvalue weighted by molar-refractivity contribution is -0.111. The number of ether oxygens (including phenoxy) is 4. The maximum absolute atomic E-state index is 12.9. The molecule has 206 valence electrons. The number of amides is 1. The highest BCUT2D eigenvalue weighted by atomic mass is 16.7. The Hall–Kier alpha value is -4.45. The zero-order valence-corrected chi connectivity index (χ0v) is 22.4. The van der Waals surface area contributed by atoms with Gasteiger partial charge in [0, 0.05) is 68.7 Å². The number of carbonyl (C=O) groups excluding carboxylic acids is 1. The molecule has 0 radical (unpaired) electrons. The molecule has 40 heavy (non-hydrogen) atoms. The second kappa shape index (κ2) is 14.1. The molecule has 0 unspecified atom stereocenters. The first-order valence-electron chi connectivity index (χ1n) is 12.7. The molecular formula is C30H31N5O5. The van der Waals surface area contributed by atoms with Crippen LogP contribution in [0.5, 0.6) is 5.75 Å². The van der Waals surface area contributed by atoms with E-state index in [4.69, 9.17) is 25.4 Å². The van der Waals surface area contributed by atoms with E-state index in [1.54, 1.807) is 32.4 Å². The van der Waals surface area contributed by atoms with E-state index in [1.165, 1.54) is 12.3 Å². The number of aromatic nitrogens is 1. The van der Waals surface area contributed by atoms with Crippen LogP contribution in [0.4, 0.5) is 17.1 Å². The molecule has 2 aromatic carbocycles. The maximum Gasteiger partial charge on any atom is 0.248 e. The smallest absolute Gasteiger partial charge is 0.248 e. The topological polar surface area (TPSA) is 127 Å². The molecule has 3 N–H and O–H groups in total. The van der Waals surface area contributed by atoms with Crippen molar-refractivity contribution in [1.82, 2.24) is 10.3 Å². The number of benzene rings is 2. The van der Waals surface area contributed by atoms with Crippen LogP contribution >= 0.6 is 0 Å². The van der Waals surface area contributed by atoms with Crippen LogP contribution in [0.1, 0.15) is 17.5 Å². The summed E-state index contributed by atoms with van der Waals surface area (Å²) in [6.45, 7) is 1.98. The van der Waals surface area contributed by atoms with Gasteiger partial charge in [-0.3, -0.25) is 9.78 Å². The van der Waals surface area contributed by atoms with Gasteiger partial charge in [0.05, 0.1) is 35.7 Å². The van der Waals surface area contributed by atoms with Crippen molar-refractivity contribution >= 4 is 33.9 Å². The number of hydrogen-bond acceptors (Lipinski definition) is 9. The minimum absolute atomic E-state index is 0.148. The van der Waals surface area contributed by atoms with Crippen molar-refractivity contribution in [2.45, 2.75) is 18.8 Å². The minimum Gasteiger partial charge on any atom is -0.486 e. The van der Waals surface area contributed by atoms with Crippen LogP contribution in [-0.4, -0.2) is 63.8 Å². The van der Waals surface area contributed by atoms with Crippen LogP contribution in [0.3, 0.4) is 0 Å². The van der Waals surface area contributed by atoms with Crippen molar-refractivity contribution in [3.8, 4) is 24.2 Å². The van der Waals surface area contributed by atoms with Gasteiger partial charge in [-0.25, -0.2) is 0 Å². The molecule has 1 fully saturated rings. The lowest BCUT2D eigenvalue weighted by Gasteiger charge is -2.18. The number of terminal acetylenes is 1. The van der Waals surface area contributed by atoms with E-state index < -0.39 is 0 Å². The lowest BCUT2D eigenvalue weighted by Crippen LogP contribution is -2.29. The van der Waals surface area contributed by atoms with Gasteiger partial charge in [0.25, 0.3) is 0 Å². The zero-order valence-electron chi connectivity index (χ0n) is 22.4. The van der Waals surface area contributed by atoms with Gasteiger partial charge < -0.3 is 34.9 Å². The molecule has 10 heteroatoms. The van der Waals surface area contributed by atoms with Crippen molar-refractivity contribution in [2.75, 3.05) is 51.2 Å². The summed E-state index contributed by atoms with van der Waals surface area (Å²) in [5.74, 6) is 2.73. The van der Waals surface area contributed by atoms with Crippen molar-refractivity contribution in [2.24, 2.45) is 0 Å². The Balaban J connectivity index is 1.64. The Bertz CT molecular complexity index is 1450. The molecule has 1 aliphatic heterocycles. The molecule has 3 aromatic rings. The molecule has 0 aliphatic carbocycles. The number of nitrogens with zero attached hydrogens (tertiary/aromatic N) is 2. The highest BCUT2D eigenvalue weighted by molar-refractivity contribution is 6.04. The number of pyridine rings is 1. The largest absolute Gasteiger partial charge is 0.486 e. The third kappa shape index (κ3) is 7.35. The number of rotatable bonds is 12. The van der Waals surface area contributed by atoms with Crippen molar-refractivity contribution < 1.29 is 23.7 Å². The first-order chi connectivity index (χ1) is 19.5. The van der Waals surface area contributed by atoms with Crippen LogP contribution < -0.4 is 20.7 Å². The molecule has 1 saturated heterocycles. The summed E-state index contributed by atoms with van der Waals surface area (Å²) in [6.07, 6.45) is 10.4. The van der Waals surface area contributed by atoms with Crippen LogP contribution in [0, 0.1) is 23.7 Å². The fourth-order valence-electron chi connectivity index (χ4n) is 4.14. The molecule has 2 heterocycles. The fourth-order valence-corrected chi connectivity index (χ4v) is 4.14. The summed E-state index contributed by atoms with van der Waals surface area (Å²) in [6, 6.07) is 13.0. The molecule has 0 bridgehead atoms. The van der Waals surface area contributed by atoms with Gasteiger partial charge in [0.2, 0.25) is 5.91 Å². The number of fused-ring (bicyclic) bond motifs is 1. The van der Waals surface area contributed by atoms with E-state index in [2.05, 4.69) is 32.9 Å². The van der Waals surface area contributed by atoms with E-state index in [1.807, 2.05) is 24.3 Å². The van der Waals surface area contributed by atoms with Gasteiger partial charge in [-0.05, 0) is 24.3 Å². The second-order valence-corrected chi connectivity index (χ2v) is 8.93. The van der Waals surface area contributed by atoms with Gasteiger partial charge in [0.1, 0.15) is 17.9 Å². The first kappa shape index (κ1) is 28.6. The monoisotopic (exact) mass is 541 g/mol. The summed E-state index contributed by atoms with van der Waals surface area (Å²) in [4.78, 5) is 17.3. The molecule has 1 amide bonds. The quantitative estimate of drug-likeness (QED) is 0.136. The zero-order chi connectivity index (χ0) is 28.3. The van der Waals surface area contributed by atoms with E-state index >= 15 is 0 Å². The SMILES string of the molecule is C#Cc1cccc(Nc2c(C#N)cnc3cc(O[C@H]4CCOC4)c(NC(=O)/C=C/CNCC(OC)OC)cc23)c1. The summed E-state index contributed by atoms with van der Waals surface area (Å²) >= 11 is 0. The molecule has 0 spiro atoms. The summed E-state index contributed by atoms with van der Waals surface area (Å²) in [7, 11) is 3.12. The van der Waals surface area contributed by atoms with Gasteiger partial charge in [-0.1, -0.05) is 18.1 Å². The maximum atomic E-state index is 12.9. The highest BCUT2D eigenvalue weighted by Crippen LogP contribution is 2.37. The van der Waals surface area contributed by atoms with E-state index in [0.717, 1.165) is 6.42 Å². The fraction of sp³-hybridized carbons (Fsp3) is 0.300. The molecule has 10 nitrogen and oxygen atoms in total. The van der Waals surface area contributed by atoms with Crippen LogP contribution in [0.15, 0.2) is 54.7 Å². The number of hydrogen-bond donors (Lipinski definition) is 3. The van der Waals surface area contributed by atoms with E-state index in [9.17, 15) is 10.1 Å². The number of nitriles is 1. The number of anilines is 3. The van der Waals surface area contributed by atoms with Gasteiger partial charge in [-0.15, -0.1) is 6.42 Å². The Kier molecular flexibility index (Phi) is 10.1. The van der Waals surface area contributed by atoms with Gasteiger partial charge in [-0.2, -0.15) is 5.26 Å². The molecule has 1 aliphatic rings. The molecule has 4 rings (SSSR count). The number of methoxy groups -OCH3 is 2. The summed E-state index contributed by atoms with van der Waals surface area (Å²) in [5.41, 5.74) is 3.33. The van der Waals surface area contributed by atoms with Crippen molar-refractivity contribution in [1.29, 1.82) is 5.26 Å². The summed E-state index contributed by atoms with van der Waals surface area (Å²) < 4.78 is 21.9. The molecule has 1 atom stereocenters. The first-order valence-corrected chi connectivity index (χ1v) is 12.7.